The molecule has 1 spiro atoms. The first-order valence-corrected chi connectivity index (χ1v) is 17.1. The maximum atomic E-state index is 13.7. The molecule has 0 aromatic heterocycles. The molecule has 0 saturated carbocycles. The molecule has 10 nitrogen and oxygen atoms in total. The van der Waals surface area contributed by atoms with Crippen molar-refractivity contribution in [2.75, 3.05) is 11.5 Å². The third-order valence-corrected chi connectivity index (χ3v) is 11.5. The third-order valence-electron chi connectivity index (χ3n) is 8.33. The molecule has 3 saturated heterocycles. The summed E-state index contributed by atoms with van der Waals surface area (Å²) in [6.07, 6.45) is 0.185. The van der Waals surface area contributed by atoms with Crippen LogP contribution in [0.15, 0.2) is 91.0 Å². The number of benzene rings is 3. The van der Waals surface area contributed by atoms with E-state index >= 15 is 0 Å². The average molecular weight is 648 g/mol. The molecular formula is C33H33N3O7S2. The zero-order chi connectivity index (χ0) is 31.4. The number of nitrogens with one attached hydrogen (secondary N) is 2. The molecule has 3 aliphatic heterocycles. The lowest BCUT2D eigenvalue weighted by Crippen LogP contribution is -2.71. The molecule has 3 aromatic carbocycles. The first-order valence-electron chi connectivity index (χ1n) is 14.7. The van der Waals surface area contributed by atoms with Crippen LogP contribution in [0.2, 0.25) is 0 Å². The highest BCUT2D eigenvalue weighted by molar-refractivity contribution is 8.02. The molecule has 0 radical (unpaired) electrons. The Bertz CT molecular complexity index is 1520. The van der Waals surface area contributed by atoms with Crippen LogP contribution in [0.3, 0.4) is 0 Å². The Kier molecular flexibility index (Phi) is 9.34. The van der Waals surface area contributed by atoms with E-state index in [1.165, 1.54) is 16.7 Å². The summed E-state index contributed by atoms with van der Waals surface area (Å²) in [4.78, 5) is 55.1. The van der Waals surface area contributed by atoms with Crippen LogP contribution in [-0.4, -0.2) is 67.0 Å². The van der Waals surface area contributed by atoms with Crippen molar-refractivity contribution in [2.24, 2.45) is 0 Å². The summed E-state index contributed by atoms with van der Waals surface area (Å²) in [5, 5.41) is 4.96. The molecule has 0 aliphatic carbocycles. The highest BCUT2D eigenvalue weighted by Crippen LogP contribution is 2.56. The van der Waals surface area contributed by atoms with Gasteiger partial charge in [-0.15, -0.1) is 11.8 Å². The number of nitrogens with zero attached hydrogens (tertiary/aromatic N) is 1. The highest BCUT2D eigenvalue weighted by Gasteiger charge is 2.68. The number of amides is 3. The molecule has 12 heteroatoms. The number of hydrogen-bond donors (Lipinski definition) is 2. The molecular weight excluding hydrogens is 615 g/mol. The Morgan fingerprint density at radius 2 is 1.44 bits per heavy atom. The van der Waals surface area contributed by atoms with Gasteiger partial charge in [-0.25, -0.2) is 9.59 Å². The van der Waals surface area contributed by atoms with Crippen LogP contribution >= 0.6 is 11.8 Å². The fourth-order valence-corrected chi connectivity index (χ4v) is 9.53. The molecule has 2 N–H and O–H groups in total. The SMILES string of the molecule is O=C(NC(C(=O)NC1C(=O)N2C(C(=O)OCc3ccccc3)C3(CC[S+]([O-])CC3)S[C@@H]12)c1ccccc1)OCc1ccccc1. The predicted octanol–water partition coefficient (Wildman–Crippen LogP) is 3.45. The van der Waals surface area contributed by atoms with Crippen molar-refractivity contribution in [3.63, 3.8) is 0 Å². The standard InChI is InChI=1S/C33H33N3O7S2/c37-28(25(24-14-8-3-9-15-24)35-32(40)43-21-23-12-6-2-7-13-23)34-26-29(38)36-27(31(39)42-20-22-10-4-1-5-11-22)33(44-30(26)36)16-18-45(41)19-17-33/h1-15,25-27,30H,16-21H2,(H,34,37)(H,35,40)/t25?,26?,27?,30-,33?,45?/m0/s1. The Morgan fingerprint density at radius 3 is 2.04 bits per heavy atom. The van der Waals surface area contributed by atoms with Gasteiger partial charge in [0.2, 0.25) is 11.8 Å². The van der Waals surface area contributed by atoms with Crippen molar-refractivity contribution in [1.29, 1.82) is 0 Å². The summed E-state index contributed by atoms with van der Waals surface area (Å²) in [6.45, 7) is 0.0970. The van der Waals surface area contributed by atoms with Crippen LogP contribution in [0.5, 0.6) is 0 Å². The Hall–Kier alpha value is -4.00. The van der Waals surface area contributed by atoms with Gasteiger partial charge in [-0.05, 0) is 16.7 Å². The molecule has 0 bridgehead atoms. The van der Waals surface area contributed by atoms with Crippen molar-refractivity contribution < 1.29 is 33.2 Å². The minimum absolute atomic E-state index is 0.0270. The van der Waals surface area contributed by atoms with E-state index in [9.17, 15) is 23.7 Å². The Morgan fingerprint density at radius 1 is 0.889 bits per heavy atom. The number of alkyl carbamates (subject to hydrolysis) is 1. The predicted molar refractivity (Wildman–Crippen MR) is 169 cm³/mol. The molecule has 4 atom stereocenters. The second kappa shape index (κ2) is 13.6. The van der Waals surface area contributed by atoms with Crippen molar-refractivity contribution in [3.8, 4) is 0 Å². The molecule has 3 aromatic rings. The number of β-lactam (4-membered cyclic amide) rings is 1. The van der Waals surface area contributed by atoms with E-state index in [0.29, 0.717) is 29.9 Å². The summed E-state index contributed by atoms with van der Waals surface area (Å²) in [6, 6.07) is 24.3. The zero-order valence-corrected chi connectivity index (χ0v) is 26.0. The molecule has 3 unspecified atom stereocenters. The first kappa shape index (κ1) is 31.0. The fourth-order valence-electron chi connectivity index (χ4n) is 5.97. The van der Waals surface area contributed by atoms with E-state index in [1.54, 1.807) is 30.3 Å². The maximum absolute atomic E-state index is 13.7. The molecule has 3 fully saturated rings. The van der Waals surface area contributed by atoms with Crippen LogP contribution in [0.1, 0.15) is 35.6 Å². The van der Waals surface area contributed by atoms with Crippen LogP contribution in [0.4, 0.5) is 4.79 Å². The normalized spacial score (nSPS) is 25.9. The minimum atomic E-state index is -1.12. The molecule has 234 valence electrons. The topological polar surface area (TPSA) is 137 Å². The number of thioether (sulfide) groups is 1. The molecule has 3 aliphatic rings. The van der Waals surface area contributed by atoms with Gasteiger partial charge in [0, 0.05) is 12.8 Å². The summed E-state index contributed by atoms with van der Waals surface area (Å²) in [5.41, 5.74) is 2.14. The quantitative estimate of drug-likeness (QED) is 0.205. The van der Waals surface area contributed by atoms with Gasteiger partial charge < -0.3 is 29.6 Å². The van der Waals surface area contributed by atoms with Crippen LogP contribution < -0.4 is 10.6 Å². The van der Waals surface area contributed by atoms with E-state index in [-0.39, 0.29) is 13.2 Å². The van der Waals surface area contributed by atoms with Gasteiger partial charge in [-0.2, -0.15) is 0 Å². The van der Waals surface area contributed by atoms with Crippen LogP contribution in [0.25, 0.3) is 0 Å². The summed E-state index contributed by atoms with van der Waals surface area (Å²) < 4.78 is 22.7. The fraction of sp³-hybridized carbons (Fsp3) is 0.333. The lowest BCUT2D eigenvalue weighted by Gasteiger charge is -2.44. The van der Waals surface area contributed by atoms with Crippen molar-refractivity contribution in [2.45, 2.75) is 54.3 Å². The lowest BCUT2D eigenvalue weighted by molar-refractivity contribution is -0.165. The maximum Gasteiger partial charge on any atom is 0.408 e. The number of carbonyl (C=O) groups is 4. The number of fused-ring (bicyclic) bond motifs is 1. The second-order valence-corrected chi connectivity index (χ2v) is 14.4. The summed E-state index contributed by atoms with van der Waals surface area (Å²) in [5.74, 6) is -0.641. The average Bonchev–Trinajstić information content (AvgIpc) is 3.37. The molecule has 3 amide bonds. The first-order chi connectivity index (χ1) is 21.8. The zero-order valence-electron chi connectivity index (χ0n) is 24.3. The van der Waals surface area contributed by atoms with Crippen LogP contribution in [0, 0.1) is 0 Å². The smallest absolute Gasteiger partial charge is 0.408 e. The van der Waals surface area contributed by atoms with Gasteiger partial charge in [-0.1, -0.05) is 102 Å². The van der Waals surface area contributed by atoms with E-state index in [1.807, 2.05) is 60.7 Å². The molecule has 45 heavy (non-hydrogen) atoms. The highest BCUT2D eigenvalue weighted by atomic mass is 32.2. The number of esters is 1. The van der Waals surface area contributed by atoms with Crippen molar-refractivity contribution in [3.05, 3.63) is 108 Å². The third kappa shape index (κ3) is 6.68. The minimum Gasteiger partial charge on any atom is -0.616 e. The number of hydrogen-bond acceptors (Lipinski definition) is 8. The number of carbonyl (C=O) groups excluding carboxylic acids is 4. The van der Waals surface area contributed by atoms with Gasteiger partial charge in [-0.3, -0.25) is 9.59 Å². The van der Waals surface area contributed by atoms with E-state index < -0.39 is 63.3 Å². The molecule has 3 heterocycles. The summed E-state index contributed by atoms with van der Waals surface area (Å²) in [7, 11) is 0. The van der Waals surface area contributed by atoms with Crippen molar-refractivity contribution >= 4 is 46.8 Å². The number of rotatable bonds is 9. The lowest BCUT2D eigenvalue weighted by atomic mass is 9.88. The van der Waals surface area contributed by atoms with E-state index in [0.717, 1.165) is 11.1 Å². The molecule has 6 rings (SSSR count). The van der Waals surface area contributed by atoms with Crippen LogP contribution in [-0.2, 0) is 48.2 Å². The van der Waals surface area contributed by atoms with Gasteiger partial charge in [0.15, 0.2) is 0 Å². The van der Waals surface area contributed by atoms with E-state index in [4.69, 9.17) is 9.47 Å². The van der Waals surface area contributed by atoms with Gasteiger partial charge in [0.05, 0.1) is 4.75 Å². The second-order valence-electron chi connectivity index (χ2n) is 11.2. The number of ether oxygens (including phenoxy) is 2. The van der Waals surface area contributed by atoms with Gasteiger partial charge in [0.25, 0.3) is 0 Å². The van der Waals surface area contributed by atoms with Crippen molar-refractivity contribution in [1.82, 2.24) is 15.5 Å². The summed E-state index contributed by atoms with van der Waals surface area (Å²) >= 11 is 0.477. The van der Waals surface area contributed by atoms with Gasteiger partial charge >= 0.3 is 12.1 Å². The Balaban J connectivity index is 1.16. The largest absolute Gasteiger partial charge is 0.616 e. The van der Waals surface area contributed by atoms with Gasteiger partial charge in [0.1, 0.15) is 48.2 Å². The monoisotopic (exact) mass is 647 g/mol. The van der Waals surface area contributed by atoms with E-state index in [2.05, 4.69) is 10.6 Å². The Labute approximate surface area is 268 Å².